The van der Waals surface area contributed by atoms with Crippen molar-refractivity contribution in [3.8, 4) is 11.5 Å². The van der Waals surface area contributed by atoms with E-state index in [1.54, 1.807) is 30.3 Å². The number of carbonyl (C=O) groups is 1. The van der Waals surface area contributed by atoms with E-state index in [9.17, 15) is 9.36 Å². The van der Waals surface area contributed by atoms with E-state index in [0.717, 1.165) is 5.56 Å². The normalized spacial score (nSPS) is 12.0. The van der Waals surface area contributed by atoms with Crippen molar-refractivity contribution in [3.05, 3.63) is 59.2 Å². The van der Waals surface area contributed by atoms with E-state index in [0.29, 0.717) is 29.0 Å². The Kier molecular flexibility index (Phi) is 5.89. The topological polar surface area (TPSA) is 52.6 Å². The van der Waals surface area contributed by atoms with Gasteiger partial charge in [-0.1, -0.05) is 37.3 Å². The second kappa shape index (κ2) is 7.89. The van der Waals surface area contributed by atoms with Gasteiger partial charge in [-0.3, -0.25) is 9.36 Å². The third-order valence-corrected chi connectivity index (χ3v) is 4.63. The Balaban J connectivity index is 2.61. The summed E-state index contributed by atoms with van der Waals surface area (Å²) in [7, 11) is 3.04. The molecular weight excluding hydrogens is 311 g/mol. The van der Waals surface area contributed by atoms with E-state index in [2.05, 4.69) is 0 Å². The zero-order chi connectivity index (χ0) is 16.8. The number of hydrogen-bond acceptors (Lipinski definition) is 4. The van der Waals surface area contributed by atoms with Crippen molar-refractivity contribution >= 4 is 14.2 Å². The van der Waals surface area contributed by atoms with Gasteiger partial charge in [-0.15, -0.1) is 0 Å². The molecule has 0 aliphatic rings. The van der Waals surface area contributed by atoms with Crippen LogP contribution in [0.5, 0.6) is 11.5 Å². The summed E-state index contributed by atoms with van der Waals surface area (Å²) in [5.41, 5.74) is 1.45. The highest BCUT2D eigenvalue weighted by atomic mass is 31.1. The highest BCUT2D eigenvalue weighted by Crippen LogP contribution is 2.36. The van der Waals surface area contributed by atoms with Crippen LogP contribution in [0.3, 0.4) is 0 Å². The van der Waals surface area contributed by atoms with Crippen molar-refractivity contribution in [1.82, 2.24) is 0 Å². The first-order chi connectivity index (χ1) is 11.2. The quantitative estimate of drug-likeness (QED) is 0.546. The van der Waals surface area contributed by atoms with Crippen LogP contribution in [-0.4, -0.2) is 20.0 Å². The van der Waals surface area contributed by atoms with Gasteiger partial charge in [-0.25, -0.2) is 0 Å². The van der Waals surface area contributed by atoms with Crippen LogP contribution in [0.4, 0.5) is 0 Å². The highest BCUT2D eigenvalue weighted by molar-refractivity contribution is 7.24. The van der Waals surface area contributed by atoms with Gasteiger partial charge in [0.1, 0.15) is 17.1 Å². The molecule has 2 aromatic carbocycles. The molecule has 0 aromatic heterocycles. The molecule has 0 bridgehead atoms. The van der Waals surface area contributed by atoms with Crippen LogP contribution in [0, 0.1) is 0 Å². The minimum Gasteiger partial charge on any atom is -0.496 e. The second-order valence-electron chi connectivity index (χ2n) is 4.98. The predicted molar refractivity (Wildman–Crippen MR) is 90.1 cm³/mol. The van der Waals surface area contributed by atoms with E-state index in [4.69, 9.17) is 9.47 Å². The summed E-state index contributed by atoms with van der Waals surface area (Å²) in [6.45, 7) is 1.94. The molecule has 120 valence electrons. The number of rotatable bonds is 7. The van der Waals surface area contributed by atoms with Crippen molar-refractivity contribution in [2.45, 2.75) is 19.0 Å². The Morgan fingerprint density at radius 1 is 1.04 bits per heavy atom. The maximum absolute atomic E-state index is 13.1. The first-order valence-corrected chi connectivity index (χ1v) is 8.23. The molecule has 0 amide bonds. The lowest BCUT2D eigenvalue weighted by Gasteiger charge is -2.16. The minimum absolute atomic E-state index is 0.00420. The first kappa shape index (κ1) is 17.2. The van der Waals surface area contributed by atoms with Crippen LogP contribution >= 0.6 is 8.46 Å². The molecule has 0 fully saturated rings. The monoisotopic (exact) mass is 330 g/mol. The lowest BCUT2D eigenvalue weighted by molar-refractivity contribution is 0.103. The van der Waals surface area contributed by atoms with Gasteiger partial charge in [-0.2, -0.15) is 0 Å². The van der Waals surface area contributed by atoms with Crippen LogP contribution in [0.1, 0.15) is 40.5 Å². The van der Waals surface area contributed by atoms with E-state index in [1.807, 2.05) is 19.1 Å². The molecule has 5 heteroatoms. The zero-order valence-electron chi connectivity index (χ0n) is 13.4. The first-order valence-electron chi connectivity index (χ1n) is 7.35. The van der Waals surface area contributed by atoms with E-state index < -0.39 is 0 Å². The van der Waals surface area contributed by atoms with Crippen molar-refractivity contribution in [1.29, 1.82) is 0 Å². The SMILES string of the molecule is CCC(P=O)c1ccccc1C(=O)c1c(OC)cccc1OC. The molecule has 0 heterocycles. The van der Waals surface area contributed by atoms with Crippen molar-refractivity contribution in [3.63, 3.8) is 0 Å². The van der Waals surface area contributed by atoms with Crippen LogP contribution in [0.25, 0.3) is 0 Å². The summed E-state index contributed by atoms with van der Waals surface area (Å²) in [5, 5.41) is 0. The Morgan fingerprint density at radius 3 is 2.17 bits per heavy atom. The Labute approximate surface area is 137 Å². The summed E-state index contributed by atoms with van der Waals surface area (Å²) in [5.74, 6) is 0.714. The molecule has 0 N–H and O–H groups in total. The van der Waals surface area contributed by atoms with Crippen LogP contribution in [0.15, 0.2) is 42.5 Å². The average molecular weight is 330 g/mol. The Bertz CT molecular complexity index is 690. The number of ether oxygens (including phenoxy) is 2. The van der Waals surface area contributed by atoms with E-state index in [-0.39, 0.29) is 19.9 Å². The fourth-order valence-electron chi connectivity index (χ4n) is 2.56. The second-order valence-corrected chi connectivity index (χ2v) is 5.82. The largest absolute Gasteiger partial charge is 0.496 e. The lowest BCUT2D eigenvalue weighted by Crippen LogP contribution is -2.10. The van der Waals surface area contributed by atoms with Gasteiger partial charge < -0.3 is 9.47 Å². The molecule has 0 radical (unpaired) electrons. The van der Waals surface area contributed by atoms with Crippen molar-refractivity contribution < 1.29 is 18.8 Å². The molecule has 2 rings (SSSR count). The number of hydrogen-bond donors (Lipinski definition) is 0. The Hall–Kier alpha value is -2.19. The molecule has 0 saturated carbocycles. The van der Waals surface area contributed by atoms with Gasteiger partial charge in [0, 0.05) is 5.56 Å². The molecule has 23 heavy (non-hydrogen) atoms. The van der Waals surface area contributed by atoms with Gasteiger partial charge in [0.05, 0.1) is 19.9 Å². The average Bonchev–Trinajstić information content (AvgIpc) is 2.61. The lowest BCUT2D eigenvalue weighted by atomic mass is 9.94. The van der Waals surface area contributed by atoms with Gasteiger partial charge >= 0.3 is 0 Å². The maximum Gasteiger partial charge on any atom is 0.200 e. The van der Waals surface area contributed by atoms with Gasteiger partial charge in [0.15, 0.2) is 8.46 Å². The van der Waals surface area contributed by atoms with Crippen molar-refractivity contribution in [2.75, 3.05) is 14.2 Å². The summed E-state index contributed by atoms with van der Waals surface area (Å²) < 4.78 is 22.1. The minimum atomic E-state index is -0.212. The standard InChI is InChI=1S/C18H19O4P/c1-4-16(23-20)12-8-5-6-9-13(12)18(19)17-14(21-2)10-7-11-15(17)22-3/h5-11,16H,4H2,1-3H3. The third-order valence-electron chi connectivity index (χ3n) is 3.73. The maximum atomic E-state index is 13.1. The molecule has 0 spiro atoms. The fourth-order valence-corrected chi connectivity index (χ4v) is 3.04. The summed E-state index contributed by atoms with van der Waals surface area (Å²) >= 11 is 0. The van der Waals surface area contributed by atoms with Gasteiger partial charge in [0.2, 0.25) is 5.78 Å². The van der Waals surface area contributed by atoms with E-state index >= 15 is 0 Å². The molecule has 2 aromatic rings. The summed E-state index contributed by atoms with van der Waals surface area (Å²) in [6.07, 6.45) is 0.679. The fraction of sp³-hybridized carbons (Fsp3) is 0.278. The van der Waals surface area contributed by atoms with Crippen LogP contribution in [0.2, 0.25) is 0 Å². The number of benzene rings is 2. The molecular formula is C18H19O4P. The predicted octanol–water partition coefficient (Wildman–Crippen LogP) is 4.68. The molecule has 0 aliphatic heterocycles. The number of carbonyl (C=O) groups excluding carboxylic acids is 1. The zero-order valence-corrected chi connectivity index (χ0v) is 14.3. The number of ketones is 1. The smallest absolute Gasteiger partial charge is 0.200 e. The van der Waals surface area contributed by atoms with Crippen molar-refractivity contribution in [2.24, 2.45) is 0 Å². The Morgan fingerprint density at radius 2 is 1.65 bits per heavy atom. The van der Waals surface area contributed by atoms with Crippen LogP contribution in [-0.2, 0) is 4.57 Å². The van der Waals surface area contributed by atoms with Gasteiger partial charge in [0.25, 0.3) is 0 Å². The van der Waals surface area contributed by atoms with E-state index in [1.165, 1.54) is 14.2 Å². The molecule has 1 unspecified atom stereocenters. The molecule has 0 saturated heterocycles. The van der Waals surface area contributed by atoms with Crippen LogP contribution < -0.4 is 9.47 Å². The highest BCUT2D eigenvalue weighted by Gasteiger charge is 2.24. The third kappa shape index (κ3) is 3.43. The summed E-state index contributed by atoms with van der Waals surface area (Å²) in [4.78, 5) is 13.1. The molecule has 4 nitrogen and oxygen atoms in total. The summed E-state index contributed by atoms with van der Waals surface area (Å²) in [6, 6.07) is 12.5. The molecule has 0 aliphatic carbocycles. The number of methoxy groups -OCH3 is 2. The molecule has 1 atom stereocenters. The van der Waals surface area contributed by atoms with Gasteiger partial charge in [-0.05, 0) is 24.1 Å².